The van der Waals surface area contributed by atoms with Crippen LogP contribution in [0.5, 0.6) is 5.75 Å². The molecule has 1 N–H and O–H groups in total. The first-order valence-electron chi connectivity index (χ1n) is 7.87. The number of carbonyl (C=O) groups excluding carboxylic acids is 1. The molecule has 0 saturated heterocycles. The van der Waals surface area contributed by atoms with E-state index in [1.54, 1.807) is 24.3 Å². The standard InChI is InChI=1S/C19H12F3NO3/c20-19(21,22)11-7-5-10(6-8-11)13-9-15(24)26-17-12-3-1-2-4-14(12)23-18(25)16(13)17/h1-8,13H,9H2,(H,23,25)/t13-/m0/s1. The molecular weight excluding hydrogens is 347 g/mol. The Labute approximate surface area is 145 Å². The Hall–Kier alpha value is -3.09. The molecule has 2 aromatic carbocycles. The first-order chi connectivity index (χ1) is 12.3. The number of fused-ring (bicyclic) bond motifs is 3. The SMILES string of the molecule is O=C1C[C@@H](c2ccc(C(F)(F)F)cc2)c2c(c3ccccc3[nH]c2=O)O1. The lowest BCUT2D eigenvalue weighted by Gasteiger charge is -2.25. The highest BCUT2D eigenvalue weighted by atomic mass is 19.4. The number of ether oxygens (including phenoxy) is 1. The number of carbonyl (C=O) groups is 1. The number of alkyl halides is 3. The van der Waals surface area contributed by atoms with Crippen LogP contribution in [0.4, 0.5) is 13.2 Å². The van der Waals surface area contributed by atoms with Gasteiger partial charge in [0.2, 0.25) is 0 Å². The maximum absolute atomic E-state index is 12.8. The summed E-state index contributed by atoms with van der Waals surface area (Å²) in [5.41, 5.74) is 0.0280. The fourth-order valence-electron chi connectivity index (χ4n) is 3.27. The monoisotopic (exact) mass is 359 g/mol. The van der Waals surface area contributed by atoms with Crippen molar-refractivity contribution in [2.45, 2.75) is 18.5 Å². The van der Waals surface area contributed by atoms with Gasteiger partial charge in [-0.25, -0.2) is 0 Å². The van der Waals surface area contributed by atoms with E-state index in [9.17, 15) is 22.8 Å². The van der Waals surface area contributed by atoms with Crippen molar-refractivity contribution >= 4 is 16.9 Å². The van der Waals surface area contributed by atoms with Crippen LogP contribution in [0.1, 0.15) is 29.0 Å². The molecule has 0 amide bonds. The van der Waals surface area contributed by atoms with Crippen LogP contribution in [0.3, 0.4) is 0 Å². The zero-order valence-electron chi connectivity index (χ0n) is 13.3. The molecule has 7 heteroatoms. The first kappa shape index (κ1) is 16.4. The zero-order valence-corrected chi connectivity index (χ0v) is 13.3. The Balaban J connectivity index is 1.89. The molecule has 4 nitrogen and oxygen atoms in total. The molecular formula is C19H12F3NO3. The van der Waals surface area contributed by atoms with Crippen LogP contribution in [0.25, 0.3) is 10.9 Å². The van der Waals surface area contributed by atoms with E-state index in [-0.39, 0.29) is 17.7 Å². The molecule has 1 aliphatic rings. The van der Waals surface area contributed by atoms with Gasteiger partial charge in [-0.1, -0.05) is 24.3 Å². The molecule has 0 saturated carbocycles. The normalized spacial score (nSPS) is 17.0. The third kappa shape index (κ3) is 2.65. The second-order valence-corrected chi connectivity index (χ2v) is 6.09. The molecule has 0 bridgehead atoms. The summed E-state index contributed by atoms with van der Waals surface area (Å²) in [4.78, 5) is 27.4. The van der Waals surface area contributed by atoms with Crippen molar-refractivity contribution in [3.05, 3.63) is 75.6 Å². The second kappa shape index (κ2) is 5.72. The number of aromatic nitrogens is 1. The molecule has 0 fully saturated rings. The molecule has 4 rings (SSSR count). The summed E-state index contributed by atoms with van der Waals surface area (Å²) in [5, 5.41) is 0.576. The van der Waals surface area contributed by atoms with Crippen molar-refractivity contribution in [2.24, 2.45) is 0 Å². The molecule has 2 heterocycles. The van der Waals surface area contributed by atoms with Crippen molar-refractivity contribution in [1.82, 2.24) is 4.98 Å². The van der Waals surface area contributed by atoms with E-state index >= 15 is 0 Å². The average Bonchev–Trinajstić information content (AvgIpc) is 2.60. The minimum atomic E-state index is -4.45. The van der Waals surface area contributed by atoms with E-state index < -0.39 is 29.2 Å². The number of rotatable bonds is 1. The number of H-pyrrole nitrogens is 1. The quantitative estimate of drug-likeness (QED) is 0.669. The number of nitrogens with one attached hydrogen (secondary N) is 1. The molecule has 1 aromatic heterocycles. The van der Waals surface area contributed by atoms with Gasteiger partial charge in [0.25, 0.3) is 5.56 Å². The maximum atomic E-state index is 12.8. The highest BCUT2D eigenvalue weighted by Crippen LogP contribution is 2.40. The molecule has 1 atom stereocenters. The third-order valence-electron chi connectivity index (χ3n) is 4.48. The topological polar surface area (TPSA) is 59.2 Å². The molecule has 0 radical (unpaired) electrons. The fourth-order valence-corrected chi connectivity index (χ4v) is 3.27. The Kier molecular flexibility index (Phi) is 3.61. The average molecular weight is 359 g/mol. The Morgan fingerprint density at radius 3 is 2.38 bits per heavy atom. The summed E-state index contributed by atoms with van der Waals surface area (Å²) in [6.07, 6.45) is -4.56. The van der Waals surface area contributed by atoms with Gasteiger partial charge in [0.1, 0.15) is 5.75 Å². The van der Waals surface area contributed by atoms with Gasteiger partial charge in [0, 0.05) is 11.3 Å². The summed E-state index contributed by atoms with van der Waals surface area (Å²) in [6.45, 7) is 0. The smallest absolute Gasteiger partial charge is 0.416 e. The summed E-state index contributed by atoms with van der Waals surface area (Å²) < 4.78 is 43.6. The maximum Gasteiger partial charge on any atom is 0.416 e. The lowest BCUT2D eigenvalue weighted by atomic mass is 9.86. The van der Waals surface area contributed by atoms with Gasteiger partial charge in [0.15, 0.2) is 0 Å². The van der Waals surface area contributed by atoms with Gasteiger partial charge in [-0.15, -0.1) is 0 Å². The number of aromatic amines is 1. The van der Waals surface area contributed by atoms with Crippen molar-refractivity contribution in [2.75, 3.05) is 0 Å². The van der Waals surface area contributed by atoms with Crippen LogP contribution in [-0.2, 0) is 11.0 Å². The number of benzene rings is 2. The van der Waals surface area contributed by atoms with Crippen LogP contribution < -0.4 is 10.3 Å². The van der Waals surface area contributed by atoms with Gasteiger partial charge in [0.05, 0.1) is 23.1 Å². The molecule has 0 aliphatic carbocycles. The molecule has 132 valence electrons. The highest BCUT2D eigenvalue weighted by Gasteiger charge is 2.34. The van der Waals surface area contributed by atoms with Gasteiger partial charge < -0.3 is 9.72 Å². The lowest BCUT2D eigenvalue weighted by Crippen LogP contribution is -2.28. The number of para-hydroxylation sites is 1. The first-order valence-corrected chi connectivity index (χ1v) is 7.87. The van der Waals surface area contributed by atoms with Crippen molar-refractivity contribution in [3.8, 4) is 5.75 Å². The molecule has 1 aliphatic heterocycles. The number of hydrogen-bond acceptors (Lipinski definition) is 3. The number of hydrogen-bond donors (Lipinski definition) is 1. The van der Waals surface area contributed by atoms with Gasteiger partial charge in [-0.05, 0) is 29.8 Å². The Morgan fingerprint density at radius 2 is 1.69 bits per heavy atom. The van der Waals surface area contributed by atoms with Crippen LogP contribution in [0, 0.1) is 0 Å². The fraction of sp³-hybridized carbons (Fsp3) is 0.158. The van der Waals surface area contributed by atoms with Crippen molar-refractivity contribution in [1.29, 1.82) is 0 Å². The van der Waals surface area contributed by atoms with E-state index in [4.69, 9.17) is 4.74 Å². The van der Waals surface area contributed by atoms with E-state index in [1.807, 2.05) is 0 Å². The van der Waals surface area contributed by atoms with E-state index in [0.29, 0.717) is 16.5 Å². The van der Waals surface area contributed by atoms with Gasteiger partial charge in [-0.3, -0.25) is 9.59 Å². The molecule has 3 aromatic rings. The molecule has 26 heavy (non-hydrogen) atoms. The molecule has 0 spiro atoms. The van der Waals surface area contributed by atoms with E-state index in [2.05, 4.69) is 4.98 Å². The summed E-state index contributed by atoms with van der Waals surface area (Å²) in [5.74, 6) is -1.02. The van der Waals surface area contributed by atoms with Gasteiger partial charge >= 0.3 is 12.1 Å². The number of pyridine rings is 1. The lowest BCUT2D eigenvalue weighted by molar-refractivity contribution is -0.138. The Bertz CT molecular complexity index is 1070. The summed E-state index contributed by atoms with van der Waals surface area (Å²) >= 11 is 0. The number of halogens is 3. The van der Waals surface area contributed by atoms with Crippen LogP contribution >= 0.6 is 0 Å². The van der Waals surface area contributed by atoms with Crippen molar-refractivity contribution < 1.29 is 22.7 Å². The minimum Gasteiger partial charge on any atom is -0.425 e. The van der Waals surface area contributed by atoms with Gasteiger partial charge in [-0.2, -0.15) is 13.2 Å². The van der Waals surface area contributed by atoms with E-state index in [1.165, 1.54) is 12.1 Å². The Morgan fingerprint density at radius 1 is 1.00 bits per heavy atom. The van der Waals surface area contributed by atoms with Crippen LogP contribution in [-0.4, -0.2) is 11.0 Å². The summed E-state index contributed by atoms with van der Waals surface area (Å²) in [6, 6.07) is 11.4. The predicted molar refractivity (Wildman–Crippen MR) is 88.1 cm³/mol. The minimum absolute atomic E-state index is 0.111. The molecule has 0 unspecified atom stereocenters. The number of esters is 1. The largest absolute Gasteiger partial charge is 0.425 e. The summed E-state index contributed by atoms with van der Waals surface area (Å²) in [7, 11) is 0. The van der Waals surface area contributed by atoms with Crippen LogP contribution in [0.2, 0.25) is 0 Å². The third-order valence-corrected chi connectivity index (χ3v) is 4.48. The van der Waals surface area contributed by atoms with Crippen molar-refractivity contribution in [3.63, 3.8) is 0 Å². The van der Waals surface area contributed by atoms with Crippen LogP contribution in [0.15, 0.2) is 53.3 Å². The second-order valence-electron chi connectivity index (χ2n) is 6.09. The highest BCUT2D eigenvalue weighted by molar-refractivity contribution is 5.91. The van der Waals surface area contributed by atoms with E-state index in [0.717, 1.165) is 12.1 Å². The predicted octanol–water partition coefficient (Wildman–Crippen LogP) is 3.99. The zero-order chi connectivity index (χ0) is 18.5.